The van der Waals surface area contributed by atoms with Crippen molar-refractivity contribution in [1.29, 1.82) is 0 Å². The third-order valence-corrected chi connectivity index (χ3v) is 5.22. The topological polar surface area (TPSA) is 62.7 Å². The molecule has 2 amide bonds. The first-order valence-corrected chi connectivity index (χ1v) is 9.97. The number of likely N-dealkylation sites (tertiary alicyclic amines) is 1. The number of piperidine rings is 1. The standard InChI is InChI=1S/C21H31N3O3/c1-15(18-7-5-6-12-22-18)24(17-8-9-17)19(25)16-10-13-23(14-11-16)20(26)27-21(2,3)4/h5-7,12,15-17H,8-11,13-14H2,1-4H3. The lowest BCUT2D eigenvalue weighted by Crippen LogP contribution is -2.47. The molecular weight excluding hydrogens is 342 g/mol. The summed E-state index contributed by atoms with van der Waals surface area (Å²) in [6, 6.07) is 6.16. The van der Waals surface area contributed by atoms with Crippen LogP contribution in [-0.2, 0) is 9.53 Å². The second-order valence-electron chi connectivity index (χ2n) is 8.65. The third kappa shape index (κ3) is 4.99. The summed E-state index contributed by atoms with van der Waals surface area (Å²) >= 11 is 0. The number of amides is 2. The summed E-state index contributed by atoms with van der Waals surface area (Å²) in [7, 11) is 0. The van der Waals surface area contributed by atoms with E-state index in [2.05, 4.69) is 11.9 Å². The molecule has 2 heterocycles. The predicted molar refractivity (Wildman–Crippen MR) is 103 cm³/mol. The summed E-state index contributed by atoms with van der Waals surface area (Å²) in [4.78, 5) is 33.7. The summed E-state index contributed by atoms with van der Waals surface area (Å²) in [5, 5.41) is 0. The number of hydrogen-bond donors (Lipinski definition) is 0. The maximum atomic E-state index is 13.3. The minimum absolute atomic E-state index is 0.0184. The maximum Gasteiger partial charge on any atom is 0.410 e. The molecule has 1 aromatic heterocycles. The SMILES string of the molecule is CC(c1ccccn1)N(C(=O)C1CCN(C(=O)OC(C)(C)C)CC1)C1CC1. The van der Waals surface area contributed by atoms with Crippen LogP contribution in [0.3, 0.4) is 0 Å². The molecule has 2 fully saturated rings. The number of aromatic nitrogens is 1. The molecule has 1 atom stereocenters. The number of nitrogens with zero attached hydrogens (tertiary/aromatic N) is 3. The summed E-state index contributed by atoms with van der Waals surface area (Å²) in [5.74, 6) is 0.176. The Labute approximate surface area is 161 Å². The number of rotatable bonds is 4. The van der Waals surface area contributed by atoms with E-state index in [9.17, 15) is 9.59 Å². The number of hydrogen-bond acceptors (Lipinski definition) is 4. The molecular formula is C21H31N3O3. The fourth-order valence-corrected chi connectivity index (χ4v) is 3.65. The average molecular weight is 373 g/mol. The zero-order valence-electron chi connectivity index (χ0n) is 16.9. The van der Waals surface area contributed by atoms with E-state index in [1.165, 1.54) is 0 Å². The van der Waals surface area contributed by atoms with Gasteiger partial charge in [-0.2, -0.15) is 0 Å². The van der Waals surface area contributed by atoms with Gasteiger partial charge in [-0.3, -0.25) is 9.78 Å². The van der Waals surface area contributed by atoms with Crippen LogP contribution in [0.25, 0.3) is 0 Å². The molecule has 0 radical (unpaired) electrons. The monoisotopic (exact) mass is 373 g/mol. The van der Waals surface area contributed by atoms with Crippen molar-refractivity contribution in [1.82, 2.24) is 14.8 Å². The number of ether oxygens (including phenoxy) is 1. The Morgan fingerprint density at radius 1 is 1.19 bits per heavy atom. The molecule has 1 saturated carbocycles. The average Bonchev–Trinajstić information content (AvgIpc) is 3.46. The van der Waals surface area contributed by atoms with Gasteiger partial charge in [0.15, 0.2) is 0 Å². The fourth-order valence-electron chi connectivity index (χ4n) is 3.65. The van der Waals surface area contributed by atoms with Crippen LogP contribution >= 0.6 is 0 Å². The first-order chi connectivity index (χ1) is 12.8. The van der Waals surface area contributed by atoms with Crippen molar-refractivity contribution in [2.45, 2.75) is 71.1 Å². The van der Waals surface area contributed by atoms with E-state index in [0.717, 1.165) is 18.5 Å². The van der Waals surface area contributed by atoms with Crippen LogP contribution in [0.1, 0.15) is 65.1 Å². The van der Waals surface area contributed by atoms with Crippen LogP contribution in [0.2, 0.25) is 0 Å². The Bertz CT molecular complexity index is 659. The van der Waals surface area contributed by atoms with E-state index in [-0.39, 0.29) is 24.0 Å². The van der Waals surface area contributed by atoms with Gasteiger partial charge in [0.2, 0.25) is 5.91 Å². The second kappa shape index (κ2) is 7.87. The molecule has 148 valence electrons. The zero-order chi connectivity index (χ0) is 19.6. The van der Waals surface area contributed by atoms with Gasteiger partial charge in [0.05, 0.1) is 11.7 Å². The van der Waals surface area contributed by atoms with E-state index >= 15 is 0 Å². The Morgan fingerprint density at radius 3 is 2.37 bits per heavy atom. The van der Waals surface area contributed by atoms with Gasteiger partial charge in [-0.1, -0.05) is 6.07 Å². The van der Waals surface area contributed by atoms with Crippen molar-refractivity contribution in [3.8, 4) is 0 Å². The molecule has 6 nitrogen and oxygen atoms in total. The lowest BCUT2D eigenvalue weighted by Gasteiger charge is -2.37. The predicted octanol–water partition coefficient (Wildman–Crippen LogP) is 3.78. The molecule has 1 saturated heterocycles. The highest BCUT2D eigenvalue weighted by Gasteiger charge is 2.40. The highest BCUT2D eigenvalue weighted by Crippen LogP contribution is 2.36. The summed E-state index contributed by atoms with van der Waals surface area (Å²) in [6.07, 6.45) is 5.02. The van der Waals surface area contributed by atoms with E-state index in [0.29, 0.717) is 32.0 Å². The van der Waals surface area contributed by atoms with E-state index in [4.69, 9.17) is 4.74 Å². The largest absolute Gasteiger partial charge is 0.444 e. The highest BCUT2D eigenvalue weighted by molar-refractivity contribution is 5.80. The normalized spacial score (nSPS) is 19.5. The summed E-state index contributed by atoms with van der Waals surface area (Å²) in [6.45, 7) is 8.81. The lowest BCUT2D eigenvalue weighted by atomic mass is 9.94. The first kappa shape index (κ1) is 19.6. The van der Waals surface area contributed by atoms with Gasteiger partial charge in [-0.05, 0) is 65.5 Å². The van der Waals surface area contributed by atoms with Gasteiger partial charge in [0, 0.05) is 31.2 Å². The second-order valence-corrected chi connectivity index (χ2v) is 8.65. The smallest absolute Gasteiger partial charge is 0.410 e. The molecule has 0 bridgehead atoms. The maximum absolute atomic E-state index is 13.3. The highest BCUT2D eigenvalue weighted by atomic mass is 16.6. The van der Waals surface area contributed by atoms with Crippen molar-refractivity contribution in [2.24, 2.45) is 5.92 Å². The van der Waals surface area contributed by atoms with Gasteiger partial charge >= 0.3 is 6.09 Å². The Hall–Kier alpha value is -2.11. The minimum atomic E-state index is -0.495. The molecule has 2 aliphatic rings. The molecule has 27 heavy (non-hydrogen) atoms. The number of carbonyl (C=O) groups is 2. The first-order valence-electron chi connectivity index (χ1n) is 9.97. The lowest BCUT2D eigenvalue weighted by molar-refractivity contribution is -0.140. The molecule has 1 aliphatic carbocycles. The molecule has 0 aromatic carbocycles. The molecule has 1 aliphatic heterocycles. The van der Waals surface area contributed by atoms with Crippen LogP contribution in [-0.4, -0.2) is 51.5 Å². The van der Waals surface area contributed by atoms with Crippen molar-refractivity contribution < 1.29 is 14.3 Å². The van der Waals surface area contributed by atoms with E-state index in [1.807, 2.05) is 43.9 Å². The van der Waals surface area contributed by atoms with Crippen LogP contribution in [0, 0.1) is 5.92 Å². The quantitative estimate of drug-likeness (QED) is 0.806. The van der Waals surface area contributed by atoms with Gasteiger partial charge in [-0.15, -0.1) is 0 Å². The zero-order valence-corrected chi connectivity index (χ0v) is 16.9. The minimum Gasteiger partial charge on any atom is -0.444 e. The molecule has 1 unspecified atom stereocenters. The van der Waals surface area contributed by atoms with Crippen LogP contribution < -0.4 is 0 Å². The van der Waals surface area contributed by atoms with Crippen molar-refractivity contribution in [3.05, 3.63) is 30.1 Å². The number of carbonyl (C=O) groups excluding carboxylic acids is 2. The Kier molecular flexibility index (Phi) is 5.72. The molecule has 6 heteroatoms. The van der Waals surface area contributed by atoms with Crippen molar-refractivity contribution in [2.75, 3.05) is 13.1 Å². The van der Waals surface area contributed by atoms with E-state index in [1.54, 1.807) is 11.1 Å². The van der Waals surface area contributed by atoms with Crippen molar-refractivity contribution in [3.63, 3.8) is 0 Å². The van der Waals surface area contributed by atoms with Gasteiger partial charge < -0.3 is 14.5 Å². The van der Waals surface area contributed by atoms with Crippen molar-refractivity contribution >= 4 is 12.0 Å². The third-order valence-electron chi connectivity index (χ3n) is 5.22. The van der Waals surface area contributed by atoms with Crippen LogP contribution in [0.15, 0.2) is 24.4 Å². The molecule has 0 spiro atoms. The van der Waals surface area contributed by atoms with Gasteiger partial charge in [0.25, 0.3) is 0 Å². The van der Waals surface area contributed by atoms with E-state index < -0.39 is 5.60 Å². The molecule has 0 N–H and O–H groups in total. The Balaban J connectivity index is 1.61. The molecule has 1 aromatic rings. The summed E-state index contributed by atoms with van der Waals surface area (Å²) < 4.78 is 5.45. The number of pyridine rings is 1. The Morgan fingerprint density at radius 2 is 1.85 bits per heavy atom. The van der Waals surface area contributed by atoms with Gasteiger partial charge in [0.1, 0.15) is 5.60 Å². The van der Waals surface area contributed by atoms with Gasteiger partial charge in [-0.25, -0.2) is 4.79 Å². The summed E-state index contributed by atoms with van der Waals surface area (Å²) in [5.41, 5.74) is 0.439. The molecule has 3 rings (SSSR count). The van der Waals surface area contributed by atoms with Crippen LogP contribution in [0.4, 0.5) is 4.79 Å². The van der Waals surface area contributed by atoms with Crippen LogP contribution in [0.5, 0.6) is 0 Å². The fraction of sp³-hybridized carbons (Fsp3) is 0.667.